The van der Waals surface area contributed by atoms with Crippen molar-refractivity contribution in [2.45, 2.75) is 51.0 Å². The predicted octanol–water partition coefficient (Wildman–Crippen LogP) is 2.70. The van der Waals surface area contributed by atoms with Gasteiger partial charge in [0.1, 0.15) is 0 Å². The highest BCUT2D eigenvalue weighted by atomic mass is 16.3. The highest BCUT2D eigenvalue weighted by molar-refractivity contribution is 5.86. The lowest BCUT2D eigenvalue weighted by Gasteiger charge is -2.42. The maximum absolute atomic E-state index is 12.9. The minimum Gasteiger partial charge on any atom is -0.379 e. The summed E-state index contributed by atoms with van der Waals surface area (Å²) in [5, 5.41) is 11.0. The molecule has 2 aliphatic heterocycles. The topological polar surface area (TPSA) is 43.8 Å². The Labute approximate surface area is 151 Å². The smallest absolute Gasteiger partial charge is 0.255 e. The molecule has 138 valence electrons. The predicted molar refractivity (Wildman–Crippen MR) is 100 cm³/mol. The van der Waals surface area contributed by atoms with Crippen molar-refractivity contribution in [2.24, 2.45) is 5.92 Å². The first-order valence-electron chi connectivity index (χ1n) is 9.85. The van der Waals surface area contributed by atoms with Crippen LogP contribution >= 0.6 is 0 Å². The highest BCUT2D eigenvalue weighted by Crippen LogP contribution is 2.26. The molecule has 0 aliphatic carbocycles. The molecule has 0 saturated carbocycles. The first kappa shape index (κ1) is 18.4. The first-order chi connectivity index (χ1) is 12.1. The summed E-state index contributed by atoms with van der Waals surface area (Å²) in [4.78, 5) is 17.0. The molecule has 1 amide bonds. The molecular formula is C21H32N2O2. The molecule has 4 nitrogen and oxygen atoms in total. The number of hydrogen-bond acceptors (Lipinski definition) is 3. The van der Waals surface area contributed by atoms with Crippen molar-refractivity contribution in [3.63, 3.8) is 0 Å². The van der Waals surface area contributed by atoms with Gasteiger partial charge in [0.05, 0.1) is 0 Å². The molecule has 0 radical (unpaired) electrons. The van der Waals surface area contributed by atoms with E-state index in [4.69, 9.17) is 0 Å². The number of aliphatic hydroxyl groups is 1. The highest BCUT2D eigenvalue weighted by Gasteiger charge is 2.43. The number of carbonyl (C=O) groups excluding carboxylic acids is 1. The van der Waals surface area contributed by atoms with Gasteiger partial charge < -0.3 is 10.0 Å². The molecule has 0 aromatic heterocycles. The van der Waals surface area contributed by atoms with Gasteiger partial charge in [-0.05, 0) is 63.1 Å². The Bertz CT molecular complexity index is 554. The average molecular weight is 344 g/mol. The fourth-order valence-electron chi connectivity index (χ4n) is 4.13. The van der Waals surface area contributed by atoms with Crippen molar-refractivity contribution >= 4 is 5.91 Å². The Hall–Kier alpha value is -1.39. The van der Waals surface area contributed by atoms with Crippen molar-refractivity contribution in [3.8, 4) is 0 Å². The molecule has 2 fully saturated rings. The van der Waals surface area contributed by atoms with Crippen molar-refractivity contribution in [2.75, 3.05) is 32.7 Å². The summed E-state index contributed by atoms with van der Waals surface area (Å²) >= 11 is 0. The lowest BCUT2D eigenvalue weighted by molar-refractivity contribution is -0.160. The number of rotatable bonds is 6. The zero-order valence-electron chi connectivity index (χ0n) is 15.5. The standard InChI is InChI=1S/C21H32N2O2/c1-18-10-15-22(16-11-18)17-21(25)12-6-14-23(20(21)24)13-5-9-19-7-3-2-4-8-19/h2-4,7-8,18,25H,5-6,9-17H2,1H3/t21-/m1/s1. The molecule has 2 heterocycles. The third kappa shape index (κ3) is 4.83. The van der Waals surface area contributed by atoms with Gasteiger partial charge in [-0.2, -0.15) is 0 Å². The van der Waals surface area contributed by atoms with E-state index in [0.29, 0.717) is 13.0 Å². The van der Waals surface area contributed by atoms with Crippen LogP contribution in [0.15, 0.2) is 30.3 Å². The summed E-state index contributed by atoms with van der Waals surface area (Å²) < 4.78 is 0. The van der Waals surface area contributed by atoms with Crippen LogP contribution in [0.3, 0.4) is 0 Å². The quantitative estimate of drug-likeness (QED) is 0.863. The zero-order valence-corrected chi connectivity index (χ0v) is 15.5. The minimum atomic E-state index is -1.18. The summed E-state index contributed by atoms with van der Waals surface area (Å²) in [6, 6.07) is 10.4. The third-order valence-electron chi connectivity index (χ3n) is 5.80. The minimum absolute atomic E-state index is 0.0505. The van der Waals surface area contributed by atoms with Gasteiger partial charge in [-0.3, -0.25) is 9.69 Å². The van der Waals surface area contributed by atoms with Crippen LogP contribution in [0.1, 0.15) is 44.6 Å². The van der Waals surface area contributed by atoms with E-state index in [1.54, 1.807) is 0 Å². The molecule has 3 rings (SSSR count). The van der Waals surface area contributed by atoms with E-state index in [0.717, 1.165) is 51.4 Å². The van der Waals surface area contributed by atoms with E-state index in [1.807, 2.05) is 11.0 Å². The number of β-amino-alcohol motifs (C(OH)–C–C–N with tert-alkyl or cyclic N) is 1. The summed E-state index contributed by atoms with van der Waals surface area (Å²) in [6.07, 6.45) is 5.78. The SMILES string of the molecule is CC1CCN(C[C@]2(O)CCCN(CCCc3ccccc3)C2=O)CC1. The molecule has 0 bridgehead atoms. The molecule has 0 spiro atoms. The number of amides is 1. The molecule has 1 N–H and O–H groups in total. The van der Waals surface area contributed by atoms with Crippen LogP contribution in [-0.4, -0.2) is 59.1 Å². The van der Waals surface area contributed by atoms with Gasteiger partial charge in [-0.25, -0.2) is 0 Å². The van der Waals surface area contributed by atoms with Crippen LogP contribution in [-0.2, 0) is 11.2 Å². The fraction of sp³-hybridized carbons (Fsp3) is 0.667. The maximum Gasteiger partial charge on any atom is 0.255 e. The lowest BCUT2D eigenvalue weighted by Crippen LogP contribution is -2.59. The van der Waals surface area contributed by atoms with Gasteiger partial charge in [-0.1, -0.05) is 37.3 Å². The molecule has 2 saturated heterocycles. The maximum atomic E-state index is 12.9. The van der Waals surface area contributed by atoms with Crippen molar-refractivity contribution in [3.05, 3.63) is 35.9 Å². The Morgan fingerprint density at radius 1 is 1.16 bits per heavy atom. The Morgan fingerprint density at radius 3 is 2.60 bits per heavy atom. The summed E-state index contributed by atoms with van der Waals surface area (Å²) in [6.45, 7) is 6.33. The monoisotopic (exact) mass is 344 g/mol. The van der Waals surface area contributed by atoms with Crippen molar-refractivity contribution in [1.82, 2.24) is 9.80 Å². The number of aryl methyl sites for hydroxylation is 1. The zero-order chi connectivity index (χ0) is 17.7. The summed E-state index contributed by atoms with van der Waals surface area (Å²) in [5.74, 6) is 0.716. The normalized spacial score (nSPS) is 26.2. The van der Waals surface area contributed by atoms with Crippen LogP contribution in [0.4, 0.5) is 0 Å². The van der Waals surface area contributed by atoms with Gasteiger partial charge in [0, 0.05) is 19.6 Å². The van der Waals surface area contributed by atoms with Crippen molar-refractivity contribution in [1.29, 1.82) is 0 Å². The number of carbonyl (C=O) groups is 1. The number of nitrogens with zero attached hydrogens (tertiary/aromatic N) is 2. The van der Waals surface area contributed by atoms with Crippen LogP contribution in [0.2, 0.25) is 0 Å². The molecule has 1 aromatic rings. The van der Waals surface area contributed by atoms with Crippen LogP contribution in [0.5, 0.6) is 0 Å². The van der Waals surface area contributed by atoms with Gasteiger partial charge in [0.2, 0.25) is 0 Å². The first-order valence-corrected chi connectivity index (χ1v) is 9.85. The summed E-state index contributed by atoms with van der Waals surface area (Å²) in [7, 11) is 0. The average Bonchev–Trinajstić information content (AvgIpc) is 2.62. The van der Waals surface area contributed by atoms with Gasteiger partial charge in [0.25, 0.3) is 5.91 Å². The van der Waals surface area contributed by atoms with Crippen LogP contribution < -0.4 is 0 Å². The molecular weight excluding hydrogens is 312 g/mol. The Morgan fingerprint density at radius 2 is 1.88 bits per heavy atom. The number of piperidine rings is 2. The molecule has 25 heavy (non-hydrogen) atoms. The van der Waals surface area contributed by atoms with Gasteiger partial charge in [0.15, 0.2) is 5.60 Å². The molecule has 1 atom stereocenters. The summed E-state index contributed by atoms with van der Waals surface area (Å²) in [5.41, 5.74) is 0.135. The van der Waals surface area contributed by atoms with E-state index < -0.39 is 5.60 Å². The largest absolute Gasteiger partial charge is 0.379 e. The van der Waals surface area contributed by atoms with E-state index in [9.17, 15) is 9.90 Å². The van der Waals surface area contributed by atoms with Crippen LogP contribution in [0, 0.1) is 5.92 Å². The van der Waals surface area contributed by atoms with Gasteiger partial charge in [-0.15, -0.1) is 0 Å². The van der Waals surface area contributed by atoms with Gasteiger partial charge >= 0.3 is 0 Å². The molecule has 0 unspecified atom stereocenters. The molecule has 1 aromatic carbocycles. The van der Waals surface area contributed by atoms with E-state index in [-0.39, 0.29) is 5.91 Å². The van der Waals surface area contributed by atoms with Crippen LogP contribution in [0.25, 0.3) is 0 Å². The Balaban J connectivity index is 1.51. The number of likely N-dealkylation sites (tertiary alicyclic amines) is 2. The van der Waals surface area contributed by atoms with Crippen molar-refractivity contribution < 1.29 is 9.90 Å². The molecule has 2 aliphatic rings. The van der Waals surface area contributed by atoms with E-state index in [1.165, 1.54) is 18.4 Å². The van der Waals surface area contributed by atoms with E-state index in [2.05, 4.69) is 36.1 Å². The second kappa shape index (κ2) is 8.33. The third-order valence-corrected chi connectivity index (χ3v) is 5.80. The second-order valence-electron chi connectivity index (χ2n) is 7.98. The lowest BCUT2D eigenvalue weighted by atomic mass is 9.89. The number of hydrogen-bond donors (Lipinski definition) is 1. The molecule has 4 heteroatoms. The second-order valence-corrected chi connectivity index (χ2v) is 7.98. The number of benzene rings is 1. The fourth-order valence-corrected chi connectivity index (χ4v) is 4.13. The Kier molecular flexibility index (Phi) is 6.13. The van der Waals surface area contributed by atoms with E-state index >= 15 is 0 Å².